The molecule has 20 heteroatoms. The molecule has 15 nitrogen and oxygen atoms in total. The summed E-state index contributed by atoms with van der Waals surface area (Å²) in [4.78, 5) is 77.2. The van der Waals surface area contributed by atoms with E-state index in [1.54, 1.807) is 6.07 Å². The number of hydrogen-bond donors (Lipinski definition) is 3. The Morgan fingerprint density at radius 3 is 2.58 bits per heavy atom. The lowest BCUT2D eigenvalue weighted by Gasteiger charge is -2.49. The first-order valence-corrected chi connectivity index (χ1v) is 13.9. The number of fused-ring (bicyclic) bond motifs is 1. The van der Waals surface area contributed by atoms with Crippen molar-refractivity contribution in [3.8, 4) is 0 Å². The molecule has 2 aromatic heterocycles. The highest BCUT2D eigenvalue weighted by Gasteiger charge is 2.55. The number of alkyl halides is 3. The molecule has 5 heterocycles. The Bertz CT molecular complexity index is 1630. The van der Waals surface area contributed by atoms with Crippen LogP contribution in [0, 0.1) is 0 Å². The maximum absolute atomic E-state index is 13.2. The number of anilines is 2. The van der Waals surface area contributed by atoms with Crippen LogP contribution >= 0.6 is 23.1 Å². The second kappa shape index (κ2) is 11.4. The van der Waals surface area contributed by atoms with Gasteiger partial charge in [0.15, 0.2) is 10.8 Å². The first kappa shape index (κ1) is 29.6. The lowest BCUT2D eigenvalue weighted by molar-refractivity contribution is -0.201. The Labute approximate surface area is 246 Å². The van der Waals surface area contributed by atoms with Gasteiger partial charge in [0.1, 0.15) is 22.8 Å². The van der Waals surface area contributed by atoms with Crippen molar-refractivity contribution in [2.45, 2.75) is 24.0 Å². The quantitative estimate of drug-likeness (QED) is 0.0744. The minimum absolute atomic E-state index is 0.0610. The molecule has 2 fully saturated rings. The maximum atomic E-state index is 13.2. The van der Waals surface area contributed by atoms with Gasteiger partial charge in [-0.05, 0) is 24.1 Å². The number of nitrogen functional groups attached to an aromatic ring is 1. The number of nitrogens with two attached hydrogens (primary N) is 1. The zero-order chi connectivity index (χ0) is 31.1. The molecule has 0 aromatic carbocycles. The third-order valence-corrected chi connectivity index (χ3v) is 8.22. The minimum atomic E-state index is -5.51. The summed E-state index contributed by atoms with van der Waals surface area (Å²) in [6, 6.07) is 0.229. The Morgan fingerprint density at radius 2 is 1.95 bits per heavy atom. The van der Waals surface area contributed by atoms with Gasteiger partial charge in [0.2, 0.25) is 5.95 Å². The highest BCUT2D eigenvalue weighted by Crippen LogP contribution is 2.42. The lowest BCUT2D eigenvalue weighted by atomic mass is 10.0. The SMILES string of the molecule is Nc1nc(/C(=N/O)C(=O)N[C@@H]2C(=O)N3C(C(=O)OC(=O)C(F)(F)F)=C(C=C4CCN(c5ncccn5)C4=O)CS[C@H]23)cs1. The highest BCUT2D eigenvalue weighted by molar-refractivity contribution is 8.00. The molecule has 0 bridgehead atoms. The second-order valence-electron chi connectivity index (χ2n) is 8.85. The van der Waals surface area contributed by atoms with Crippen LogP contribution in [-0.4, -0.2) is 90.3 Å². The van der Waals surface area contributed by atoms with Crippen molar-refractivity contribution >= 4 is 69.6 Å². The molecule has 3 aliphatic heterocycles. The van der Waals surface area contributed by atoms with Crippen LogP contribution in [0.15, 0.2) is 51.9 Å². The topological polar surface area (TPSA) is 210 Å². The fourth-order valence-electron chi connectivity index (χ4n) is 4.33. The summed E-state index contributed by atoms with van der Waals surface area (Å²) in [6.45, 7) is 0.167. The third kappa shape index (κ3) is 5.65. The molecule has 3 aliphatic rings. The largest absolute Gasteiger partial charge is 0.491 e. The molecular weight excluding hydrogens is 621 g/mol. The van der Waals surface area contributed by atoms with Crippen molar-refractivity contribution in [1.82, 2.24) is 25.2 Å². The fraction of sp³-hybridized carbons (Fsp3) is 0.261. The van der Waals surface area contributed by atoms with E-state index in [1.165, 1.54) is 28.7 Å². The Balaban J connectivity index is 1.43. The van der Waals surface area contributed by atoms with Gasteiger partial charge in [-0.15, -0.1) is 23.1 Å². The molecule has 3 amide bonds. The van der Waals surface area contributed by atoms with Gasteiger partial charge in [0.05, 0.1) is 0 Å². The molecule has 0 aliphatic carbocycles. The number of amides is 3. The summed E-state index contributed by atoms with van der Waals surface area (Å²) in [6.07, 6.45) is -1.27. The predicted octanol–water partition coefficient (Wildman–Crippen LogP) is 0.343. The van der Waals surface area contributed by atoms with Crippen molar-refractivity contribution in [2.75, 3.05) is 22.9 Å². The van der Waals surface area contributed by atoms with E-state index in [2.05, 4.69) is 30.2 Å². The molecule has 0 saturated carbocycles. The van der Waals surface area contributed by atoms with Crippen molar-refractivity contribution in [3.63, 3.8) is 0 Å². The van der Waals surface area contributed by atoms with Crippen LogP contribution in [0.3, 0.4) is 0 Å². The highest BCUT2D eigenvalue weighted by atomic mass is 32.2. The summed E-state index contributed by atoms with van der Waals surface area (Å²) < 4.78 is 42.7. The molecule has 224 valence electrons. The average Bonchev–Trinajstić information content (AvgIpc) is 3.56. The maximum Gasteiger partial charge on any atom is 0.491 e. The van der Waals surface area contributed by atoms with E-state index < -0.39 is 58.7 Å². The number of hydrogen-bond acceptors (Lipinski definition) is 14. The van der Waals surface area contributed by atoms with Gasteiger partial charge in [-0.2, -0.15) is 13.2 Å². The summed E-state index contributed by atoms with van der Waals surface area (Å²) in [5, 5.41) is 14.9. The molecule has 0 unspecified atom stereocenters. The zero-order valence-electron chi connectivity index (χ0n) is 21.3. The van der Waals surface area contributed by atoms with Gasteiger partial charge in [-0.1, -0.05) is 5.16 Å². The van der Waals surface area contributed by atoms with Gasteiger partial charge in [0.25, 0.3) is 17.7 Å². The van der Waals surface area contributed by atoms with E-state index in [0.717, 1.165) is 28.0 Å². The number of ether oxygens (including phenoxy) is 1. The van der Waals surface area contributed by atoms with Crippen LogP contribution in [0.4, 0.5) is 24.3 Å². The number of carbonyl (C=O) groups excluding carboxylic acids is 5. The molecular formula is C23H17F3N8O7S2. The number of rotatable bonds is 6. The number of carbonyl (C=O) groups is 5. The number of halogens is 3. The number of aromatic nitrogens is 3. The summed E-state index contributed by atoms with van der Waals surface area (Å²) >= 11 is 1.96. The van der Waals surface area contributed by atoms with Crippen LogP contribution < -0.4 is 16.0 Å². The Morgan fingerprint density at radius 1 is 1.23 bits per heavy atom. The van der Waals surface area contributed by atoms with E-state index in [4.69, 9.17) is 5.73 Å². The normalized spacial score (nSPS) is 21.6. The molecule has 2 aromatic rings. The van der Waals surface area contributed by atoms with Crippen LogP contribution in [0.25, 0.3) is 0 Å². The predicted molar refractivity (Wildman–Crippen MR) is 141 cm³/mol. The Hall–Kier alpha value is -4.85. The number of esters is 2. The molecule has 0 radical (unpaired) electrons. The summed E-state index contributed by atoms with van der Waals surface area (Å²) in [5.41, 5.74) is 4.27. The first-order valence-electron chi connectivity index (χ1n) is 12.0. The number of nitrogens with zero attached hydrogens (tertiary/aromatic N) is 6. The first-order chi connectivity index (χ1) is 20.4. The average molecular weight is 639 g/mol. The van der Waals surface area contributed by atoms with E-state index >= 15 is 0 Å². The number of oxime groups is 1. The van der Waals surface area contributed by atoms with Crippen LogP contribution in [0.1, 0.15) is 12.1 Å². The van der Waals surface area contributed by atoms with Crippen molar-refractivity contribution in [2.24, 2.45) is 5.16 Å². The van der Waals surface area contributed by atoms with Crippen molar-refractivity contribution in [3.05, 3.63) is 52.5 Å². The van der Waals surface area contributed by atoms with Crippen molar-refractivity contribution < 1.29 is 47.1 Å². The smallest absolute Gasteiger partial charge is 0.410 e. The molecule has 5 rings (SSSR count). The van der Waals surface area contributed by atoms with Gasteiger partial charge in [-0.3, -0.25) is 24.2 Å². The monoisotopic (exact) mass is 638 g/mol. The van der Waals surface area contributed by atoms with E-state index in [0.29, 0.717) is 0 Å². The molecule has 2 atom stereocenters. The summed E-state index contributed by atoms with van der Waals surface area (Å²) in [7, 11) is 0. The third-order valence-electron chi connectivity index (χ3n) is 6.24. The number of thioether (sulfide) groups is 1. The molecule has 2 saturated heterocycles. The number of allylic oxidation sites excluding steroid dienone is 1. The number of β-lactam (4-membered cyclic amide) rings is 1. The summed E-state index contributed by atoms with van der Waals surface area (Å²) in [5.74, 6) is -7.11. The standard InChI is InChI=1S/C23H17F3N8O7S2/c24-23(25,26)20(39)41-19(38)14-10(6-9-2-5-33(16(9)36)22-28-3-1-4-29-22)7-42-18-13(17(37)34(14)18)31-15(35)12(32-40)11-8-43-21(27)30-11/h1,3-4,6,8,13,18,40H,2,5,7H2,(H2,27,30)(H,31,35)/b9-6?,32-12-/t13-,18-/m1/s1. The zero-order valence-corrected chi connectivity index (χ0v) is 22.9. The minimum Gasteiger partial charge on any atom is -0.410 e. The second-order valence-corrected chi connectivity index (χ2v) is 10.8. The van der Waals surface area contributed by atoms with E-state index in [-0.39, 0.29) is 46.6 Å². The van der Waals surface area contributed by atoms with Crippen molar-refractivity contribution in [1.29, 1.82) is 0 Å². The number of nitrogens with one attached hydrogen (secondary N) is 1. The van der Waals surface area contributed by atoms with Gasteiger partial charge < -0.3 is 21.0 Å². The number of thiazole rings is 1. The van der Waals surface area contributed by atoms with Gasteiger partial charge in [-0.25, -0.2) is 24.5 Å². The molecule has 0 spiro atoms. The lowest BCUT2D eigenvalue weighted by Crippen LogP contribution is -2.71. The van der Waals surface area contributed by atoms with Crippen LogP contribution in [0.2, 0.25) is 0 Å². The van der Waals surface area contributed by atoms with E-state index in [9.17, 15) is 42.4 Å². The molecule has 43 heavy (non-hydrogen) atoms. The Kier molecular flexibility index (Phi) is 7.88. The van der Waals surface area contributed by atoms with E-state index in [1.807, 2.05) is 0 Å². The van der Waals surface area contributed by atoms with Gasteiger partial charge >= 0.3 is 18.1 Å². The fourth-order valence-corrected chi connectivity index (χ4v) is 6.19. The van der Waals surface area contributed by atoms with Crippen LogP contribution in [0.5, 0.6) is 0 Å². The van der Waals surface area contributed by atoms with Gasteiger partial charge in [0, 0.05) is 35.6 Å². The molecule has 4 N–H and O–H groups in total. The van der Waals surface area contributed by atoms with Crippen LogP contribution in [-0.2, 0) is 28.7 Å².